The van der Waals surface area contributed by atoms with Crippen LogP contribution in [0.4, 0.5) is 0 Å². The van der Waals surface area contributed by atoms with Crippen LogP contribution in [0.1, 0.15) is 43.1 Å². The van der Waals surface area contributed by atoms with E-state index in [1.54, 1.807) is 0 Å². The molecule has 0 bridgehead atoms. The largest absolute Gasteiger partial charge is 0.299 e. The number of benzene rings is 2. The van der Waals surface area contributed by atoms with Gasteiger partial charge in [-0.15, -0.1) is 0 Å². The van der Waals surface area contributed by atoms with Gasteiger partial charge < -0.3 is 0 Å². The van der Waals surface area contributed by atoms with Gasteiger partial charge in [0.25, 0.3) is 0 Å². The first-order valence-corrected chi connectivity index (χ1v) is 9.89. The average Bonchev–Trinajstić information content (AvgIpc) is 3.40. The van der Waals surface area contributed by atoms with Gasteiger partial charge in [0.15, 0.2) is 11.5 Å². The Balaban J connectivity index is 1.49. The van der Waals surface area contributed by atoms with Crippen molar-refractivity contribution in [3.63, 3.8) is 0 Å². The third-order valence-corrected chi connectivity index (χ3v) is 5.45. The summed E-state index contributed by atoms with van der Waals surface area (Å²) in [4.78, 5) is 9.34. The lowest BCUT2D eigenvalue weighted by Crippen LogP contribution is -2.08. The van der Waals surface area contributed by atoms with Crippen LogP contribution in [0.2, 0.25) is 0 Å². The summed E-state index contributed by atoms with van der Waals surface area (Å²) in [6.07, 6.45) is 6.75. The van der Waals surface area contributed by atoms with Crippen molar-refractivity contribution in [3.8, 4) is 23.0 Å². The van der Waals surface area contributed by atoms with Crippen molar-refractivity contribution in [1.29, 1.82) is 0 Å². The van der Waals surface area contributed by atoms with Crippen molar-refractivity contribution >= 4 is 11.2 Å². The SMILES string of the molecule is C(#Cc1nc2cccnc2n1C1CCCC1)c1ccc(-c2ccccc2)cc1. The maximum atomic E-state index is 4.76. The number of rotatable bonds is 2. The van der Waals surface area contributed by atoms with E-state index in [0.29, 0.717) is 6.04 Å². The maximum Gasteiger partial charge on any atom is 0.188 e. The molecular weight excluding hydrogens is 342 g/mol. The Hall–Kier alpha value is -3.38. The fourth-order valence-corrected chi connectivity index (χ4v) is 4.03. The number of fused-ring (bicyclic) bond motifs is 1. The molecule has 0 amide bonds. The molecule has 0 spiro atoms. The Morgan fingerprint density at radius 2 is 1.54 bits per heavy atom. The molecule has 28 heavy (non-hydrogen) atoms. The Kier molecular flexibility index (Phi) is 4.39. The number of imidazole rings is 1. The van der Waals surface area contributed by atoms with E-state index in [0.717, 1.165) is 22.6 Å². The van der Waals surface area contributed by atoms with E-state index in [-0.39, 0.29) is 0 Å². The Morgan fingerprint density at radius 1 is 0.786 bits per heavy atom. The van der Waals surface area contributed by atoms with Gasteiger partial charge in [-0.1, -0.05) is 61.2 Å². The monoisotopic (exact) mass is 363 g/mol. The number of aromatic nitrogens is 3. The summed E-state index contributed by atoms with van der Waals surface area (Å²) in [6.45, 7) is 0. The van der Waals surface area contributed by atoms with E-state index in [1.165, 1.54) is 36.8 Å². The van der Waals surface area contributed by atoms with Gasteiger partial charge in [-0.05, 0) is 54.2 Å². The highest BCUT2D eigenvalue weighted by molar-refractivity contribution is 5.72. The zero-order valence-corrected chi connectivity index (χ0v) is 15.7. The van der Waals surface area contributed by atoms with E-state index in [9.17, 15) is 0 Å². The molecule has 0 aliphatic heterocycles. The quantitative estimate of drug-likeness (QED) is 0.433. The maximum absolute atomic E-state index is 4.76. The third kappa shape index (κ3) is 3.18. The fraction of sp³-hybridized carbons (Fsp3) is 0.200. The molecular formula is C25H21N3. The first-order chi connectivity index (χ1) is 13.9. The number of nitrogens with zero attached hydrogens (tertiary/aromatic N) is 3. The van der Waals surface area contributed by atoms with Crippen LogP contribution in [0, 0.1) is 11.8 Å². The van der Waals surface area contributed by atoms with Crippen molar-refractivity contribution in [3.05, 3.63) is 84.3 Å². The van der Waals surface area contributed by atoms with Gasteiger partial charge in [0.05, 0.1) is 0 Å². The van der Waals surface area contributed by atoms with E-state index < -0.39 is 0 Å². The molecule has 0 atom stereocenters. The predicted octanol–water partition coefficient (Wildman–Crippen LogP) is 5.61. The molecule has 3 nitrogen and oxygen atoms in total. The van der Waals surface area contributed by atoms with Crippen LogP contribution in [0.15, 0.2) is 72.9 Å². The van der Waals surface area contributed by atoms with Gasteiger partial charge in [-0.2, -0.15) is 0 Å². The highest BCUT2D eigenvalue weighted by atomic mass is 15.1. The van der Waals surface area contributed by atoms with Crippen LogP contribution < -0.4 is 0 Å². The van der Waals surface area contributed by atoms with Crippen LogP contribution in [0.25, 0.3) is 22.3 Å². The molecule has 1 saturated carbocycles. The molecule has 4 aromatic rings. The van der Waals surface area contributed by atoms with Crippen LogP contribution in [0.3, 0.4) is 0 Å². The van der Waals surface area contributed by atoms with Gasteiger partial charge in [0.2, 0.25) is 0 Å². The lowest BCUT2D eigenvalue weighted by Gasteiger charge is -2.13. The van der Waals surface area contributed by atoms with Crippen molar-refractivity contribution in [1.82, 2.24) is 14.5 Å². The normalized spacial score (nSPS) is 14.1. The van der Waals surface area contributed by atoms with Gasteiger partial charge in [0, 0.05) is 17.8 Å². The summed E-state index contributed by atoms with van der Waals surface area (Å²) < 4.78 is 2.26. The summed E-state index contributed by atoms with van der Waals surface area (Å²) in [5, 5.41) is 0. The average molecular weight is 363 g/mol. The van der Waals surface area contributed by atoms with Crippen molar-refractivity contribution in [2.24, 2.45) is 0 Å². The highest BCUT2D eigenvalue weighted by Crippen LogP contribution is 2.32. The first-order valence-electron chi connectivity index (χ1n) is 9.89. The molecule has 1 aliphatic carbocycles. The highest BCUT2D eigenvalue weighted by Gasteiger charge is 2.22. The molecule has 2 aromatic carbocycles. The fourth-order valence-electron chi connectivity index (χ4n) is 4.03. The summed E-state index contributed by atoms with van der Waals surface area (Å²) in [5.41, 5.74) is 5.30. The number of pyridine rings is 1. The smallest absolute Gasteiger partial charge is 0.188 e. The second-order valence-electron chi connectivity index (χ2n) is 7.28. The molecule has 0 saturated heterocycles. The summed E-state index contributed by atoms with van der Waals surface area (Å²) in [6, 6.07) is 23.2. The minimum atomic E-state index is 0.463. The minimum absolute atomic E-state index is 0.463. The molecule has 1 aliphatic rings. The minimum Gasteiger partial charge on any atom is -0.299 e. The Morgan fingerprint density at radius 3 is 2.32 bits per heavy atom. The lowest BCUT2D eigenvalue weighted by molar-refractivity contribution is 0.524. The summed E-state index contributed by atoms with van der Waals surface area (Å²) in [5.74, 6) is 7.45. The molecule has 0 unspecified atom stereocenters. The number of hydrogen-bond donors (Lipinski definition) is 0. The molecule has 136 valence electrons. The van der Waals surface area contributed by atoms with Crippen LogP contribution >= 0.6 is 0 Å². The lowest BCUT2D eigenvalue weighted by atomic mass is 10.0. The van der Waals surface area contributed by atoms with Crippen molar-refractivity contribution in [2.75, 3.05) is 0 Å². The molecule has 0 radical (unpaired) electrons. The first kappa shape index (κ1) is 16.8. The molecule has 2 heterocycles. The van der Waals surface area contributed by atoms with Gasteiger partial charge >= 0.3 is 0 Å². The zero-order chi connectivity index (χ0) is 18.8. The zero-order valence-electron chi connectivity index (χ0n) is 15.7. The molecule has 2 aromatic heterocycles. The third-order valence-electron chi connectivity index (χ3n) is 5.45. The summed E-state index contributed by atoms with van der Waals surface area (Å²) in [7, 11) is 0. The second kappa shape index (κ2) is 7.32. The van der Waals surface area contributed by atoms with Gasteiger partial charge in [-0.3, -0.25) is 4.57 Å². The molecule has 0 N–H and O–H groups in total. The second-order valence-corrected chi connectivity index (χ2v) is 7.28. The predicted molar refractivity (Wildman–Crippen MR) is 113 cm³/mol. The topological polar surface area (TPSA) is 30.7 Å². The molecule has 1 fully saturated rings. The van der Waals surface area contributed by atoms with E-state index in [2.05, 4.69) is 69.9 Å². The van der Waals surface area contributed by atoms with Crippen molar-refractivity contribution in [2.45, 2.75) is 31.7 Å². The summed E-state index contributed by atoms with van der Waals surface area (Å²) >= 11 is 0. The molecule has 3 heteroatoms. The molecule has 5 rings (SSSR count). The van der Waals surface area contributed by atoms with E-state index in [1.807, 2.05) is 24.4 Å². The van der Waals surface area contributed by atoms with E-state index in [4.69, 9.17) is 4.98 Å². The van der Waals surface area contributed by atoms with Gasteiger partial charge in [-0.25, -0.2) is 9.97 Å². The standard InChI is InChI=1S/C25H21N3/c1-2-7-20(8-3-1)21-15-12-19(13-16-21)14-17-24-27-23-11-6-18-26-25(23)28(24)22-9-4-5-10-22/h1-3,6-8,11-13,15-16,18,22H,4-5,9-10H2. The van der Waals surface area contributed by atoms with Crippen LogP contribution in [0.5, 0.6) is 0 Å². The van der Waals surface area contributed by atoms with Crippen LogP contribution in [-0.2, 0) is 0 Å². The number of hydrogen-bond acceptors (Lipinski definition) is 2. The Labute approximate surface area is 165 Å². The van der Waals surface area contributed by atoms with Crippen LogP contribution in [-0.4, -0.2) is 14.5 Å². The Bertz CT molecular complexity index is 1160. The van der Waals surface area contributed by atoms with Gasteiger partial charge in [0.1, 0.15) is 5.52 Å². The van der Waals surface area contributed by atoms with Crippen molar-refractivity contribution < 1.29 is 0 Å². The van der Waals surface area contributed by atoms with E-state index >= 15 is 0 Å².